The van der Waals surface area contributed by atoms with Crippen LogP contribution in [0.15, 0.2) is 0 Å². The summed E-state index contributed by atoms with van der Waals surface area (Å²) < 4.78 is 67.8. The number of carbonyl (C=O) groups is 4. The number of phosphoric acid groups is 2. The van der Waals surface area contributed by atoms with Gasteiger partial charge in [-0.2, -0.15) is 0 Å². The Bertz CT molecular complexity index is 1620. The van der Waals surface area contributed by atoms with Gasteiger partial charge in [-0.3, -0.25) is 37.3 Å². The van der Waals surface area contributed by atoms with Crippen molar-refractivity contribution in [1.82, 2.24) is 0 Å². The molecule has 0 heterocycles. The van der Waals surface area contributed by atoms with Crippen molar-refractivity contribution in [2.75, 3.05) is 39.6 Å². The molecule has 0 aromatic rings. The molecule has 492 valence electrons. The first-order valence-electron chi connectivity index (χ1n) is 33.7. The molecule has 19 heteroatoms. The molecule has 6 atom stereocenters. The molecule has 0 amide bonds. The lowest BCUT2D eigenvalue weighted by Crippen LogP contribution is -2.30. The van der Waals surface area contributed by atoms with E-state index in [-0.39, 0.29) is 25.7 Å². The summed E-state index contributed by atoms with van der Waals surface area (Å²) in [6, 6.07) is 0. The first kappa shape index (κ1) is 81.1. The van der Waals surface area contributed by atoms with Gasteiger partial charge in [-0.25, -0.2) is 9.13 Å². The van der Waals surface area contributed by atoms with Crippen molar-refractivity contribution in [2.45, 2.75) is 342 Å². The third kappa shape index (κ3) is 57.6. The number of hydrogen-bond acceptors (Lipinski definition) is 15. The molecule has 0 aromatic heterocycles. The second-order valence-electron chi connectivity index (χ2n) is 23.4. The smallest absolute Gasteiger partial charge is 0.462 e. The number of carbonyl (C=O) groups excluding carboxylic acids is 4. The quantitative estimate of drug-likeness (QED) is 0.0222. The highest BCUT2D eigenvalue weighted by molar-refractivity contribution is 7.47. The molecule has 0 bridgehead atoms. The first-order chi connectivity index (χ1) is 40.1. The molecule has 0 aromatic carbocycles. The minimum atomic E-state index is -4.94. The summed E-state index contributed by atoms with van der Waals surface area (Å²) in [7, 11) is -9.88. The van der Waals surface area contributed by atoms with E-state index in [0.717, 1.165) is 109 Å². The molecule has 0 saturated carbocycles. The van der Waals surface area contributed by atoms with E-state index in [2.05, 4.69) is 34.6 Å². The zero-order valence-corrected chi connectivity index (χ0v) is 55.1. The van der Waals surface area contributed by atoms with Crippen molar-refractivity contribution in [1.29, 1.82) is 0 Å². The molecule has 3 unspecified atom stereocenters. The number of rotatable bonds is 64. The predicted molar refractivity (Wildman–Crippen MR) is 331 cm³/mol. The molecule has 17 nitrogen and oxygen atoms in total. The van der Waals surface area contributed by atoms with Crippen molar-refractivity contribution in [2.24, 2.45) is 5.92 Å². The number of phosphoric ester groups is 2. The van der Waals surface area contributed by atoms with Gasteiger partial charge >= 0.3 is 39.5 Å². The fraction of sp³-hybridized carbons (Fsp3) is 0.938. The average Bonchev–Trinajstić information content (AvgIpc) is 3.49. The Kier molecular flexibility index (Phi) is 56.4. The van der Waals surface area contributed by atoms with Crippen LogP contribution in [0.25, 0.3) is 0 Å². The van der Waals surface area contributed by atoms with Crippen LogP contribution in [0.3, 0.4) is 0 Å². The summed E-state index contributed by atoms with van der Waals surface area (Å²) >= 11 is 0. The van der Waals surface area contributed by atoms with E-state index in [9.17, 15) is 43.2 Å². The molecule has 0 rings (SSSR count). The highest BCUT2D eigenvalue weighted by Gasteiger charge is 2.30. The molecule has 0 saturated heterocycles. The summed E-state index contributed by atoms with van der Waals surface area (Å²) in [5, 5.41) is 10.5. The van der Waals surface area contributed by atoms with Crippen LogP contribution in [0.2, 0.25) is 0 Å². The van der Waals surface area contributed by atoms with Crippen LogP contribution >= 0.6 is 15.6 Å². The van der Waals surface area contributed by atoms with Crippen molar-refractivity contribution in [3.05, 3.63) is 0 Å². The monoisotopic (exact) mass is 1230 g/mol. The van der Waals surface area contributed by atoms with E-state index >= 15 is 0 Å². The molecule has 0 aliphatic rings. The second-order valence-corrected chi connectivity index (χ2v) is 26.3. The molecule has 0 aliphatic heterocycles. The van der Waals surface area contributed by atoms with E-state index < -0.39 is 97.5 Å². The van der Waals surface area contributed by atoms with Gasteiger partial charge in [-0.1, -0.05) is 272 Å². The van der Waals surface area contributed by atoms with Gasteiger partial charge in [0.25, 0.3) is 0 Å². The van der Waals surface area contributed by atoms with Crippen LogP contribution in [0.5, 0.6) is 0 Å². The van der Waals surface area contributed by atoms with Gasteiger partial charge < -0.3 is 33.8 Å². The second kappa shape index (κ2) is 57.8. The Morgan fingerprint density at radius 1 is 0.337 bits per heavy atom. The zero-order chi connectivity index (χ0) is 61.3. The highest BCUT2D eigenvalue weighted by atomic mass is 31.2. The number of aliphatic hydroxyl groups excluding tert-OH is 1. The van der Waals surface area contributed by atoms with Crippen LogP contribution in [0.1, 0.15) is 324 Å². The Hall–Kier alpha value is -1.94. The van der Waals surface area contributed by atoms with E-state index in [1.807, 2.05) is 0 Å². The van der Waals surface area contributed by atoms with Gasteiger partial charge in [0, 0.05) is 25.7 Å². The van der Waals surface area contributed by atoms with Gasteiger partial charge in [0.15, 0.2) is 12.2 Å². The van der Waals surface area contributed by atoms with Crippen LogP contribution in [-0.2, 0) is 65.4 Å². The Labute approximate surface area is 505 Å². The van der Waals surface area contributed by atoms with Gasteiger partial charge in [0.2, 0.25) is 0 Å². The van der Waals surface area contributed by atoms with E-state index in [0.29, 0.717) is 25.7 Å². The van der Waals surface area contributed by atoms with Crippen LogP contribution < -0.4 is 0 Å². The van der Waals surface area contributed by atoms with Crippen LogP contribution in [0.4, 0.5) is 0 Å². The number of unbranched alkanes of at least 4 members (excludes halogenated alkanes) is 35. The normalized spacial score (nSPS) is 14.6. The Balaban J connectivity index is 5.14. The molecular weight excluding hydrogens is 1100 g/mol. The van der Waals surface area contributed by atoms with Crippen LogP contribution in [0, 0.1) is 5.92 Å². The minimum absolute atomic E-state index is 0.105. The average molecular weight is 1230 g/mol. The lowest BCUT2D eigenvalue weighted by molar-refractivity contribution is -0.161. The molecule has 0 aliphatic carbocycles. The lowest BCUT2D eigenvalue weighted by atomic mass is 9.99. The van der Waals surface area contributed by atoms with Crippen molar-refractivity contribution < 1.29 is 80.2 Å². The summed E-state index contributed by atoms with van der Waals surface area (Å²) in [6.45, 7) is 7.18. The molecule has 3 N–H and O–H groups in total. The van der Waals surface area contributed by atoms with E-state index in [4.69, 9.17) is 37.0 Å². The van der Waals surface area contributed by atoms with E-state index in [1.165, 1.54) is 135 Å². The van der Waals surface area contributed by atoms with Gasteiger partial charge in [0.05, 0.1) is 26.4 Å². The third-order valence-corrected chi connectivity index (χ3v) is 17.0. The van der Waals surface area contributed by atoms with Gasteiger partial charge in [-0.05, 0) is 31.6 Å². The van der Waals surface area contributed by atoms with Crippen molar-refractivity contribution >= 4 is 39.5 Å². The van der Waals surface area contributed by atoms with Gasteiger partial charge in [-0.15, -0.1) is 0 Å². The molecular formula is C64H124O17P2. The predicted octanol–water partition coefficient (Wildman–Crippen LogP) is 17.8. The maximum atomic E-state index is 13.0. The van der Waals surface area contributed by atoms with Gasteiger partial charge in [0.1, 0.15) is 19.3 Å². The molecule has 0 spiro atoms. The SMILES string of the molecule is CCCCCCCCCCCC(=O)OC[C@H](COP(=O)(O)OC[C@@H](O)COP(=O)(O)OC[C@@H](COC(=O)CCCCCCCCC)OC(=O)CCCCCCCCCCC)OC(=O)CCCCCCCCCCCCCCCCC(C)CC. The van der Waals surface area contributed by atoms with E-state index in [1.54, 1.807) is 0 Å². The summed E-state index contributed by atoms with van der Waals surface area (Å²) in [5.41, 5.74) is 0. The number of esters is 4. The van der Waals surface area contributed by atoms with Crippen molar-refractivity contribution in [3.63, 3.8) is 0 Å². The van der Waals surface area contributed by atoms with Crippen molar-refractivity contribution in [3.8, 4) is 0 Å². The molecule has 0 fully saturated rings. The fourth-order valence-corrected chi connectivity index (χ4v) is 11.1. The Morgan fingerprint density at radius 3 is 0.855 bits per heavy atom. The minimum Gasteiger partial charge on any atom is -0.462 e. The number of hydrogen-bond donors (Lipinski definition) is 3. The maximum absolute atomic E-state index is 13.0. The lowest BCUT2D eigenvalue weighted by Gasteiger charge is -2.21. The number of ether oxygens (including phenoxy) is 4. The largest absolute Gasteiger partial charge is 0.472 e. The first-order valence-corrected chi connectivity index (χ1v) is 36.7. The highest BCUT2D eigenvalue weighted by Crippen LogP contribution is 2.45. The fourth-order valence-electron chi connectivity index (χ4n) is 9.55. The molecule has 0 radical (unpaired) electrons. The van der Waals surface area contributed by atoms with Crippen LogP contribution in [-0.4, -0.2) is 96.7 Å². The summed E-state index contributed by atoms with van der Waals surface area (Å²) in [6.07, 6.45) is 41.8. The zero-order valence-electron chi connectivity index (χ0n) is 53.3. The summed E-state index contributed by atoms with van der Waals surface area (Å²) in [5.74, 6) is -1.29. The topological polar surface area (TPSA) is 237 Å². The standard InChI is InChI=1S/C64H124O17P2/c1-6-10-13-16-19-27-33-38-43-48-62(67)75-54-60(81-64(69)50-45-40-35-30-26-24-22-21-23-25-29-32-36-41-46-57(5)9-4)56-79-83(72,73)77-52-58(65)51-76-82(70,71)78-55-59(53-74-61(66)47-42-37-31-18-15-12-8-3)80-63(68)49-44-39-34-28-20-17-14-11-7-2/h57-60,65H,6-56H2,1-5H3,(H,70,71)(H,72,73)/t57?,58-,59+,60+/m0/s1. The molecule has 83 heavy (non-hydrogen) atoms. The summed E-state index contributed by atoms with van der Waals surface area (Å²) in [4.78, 5) is 72.0. The number of aliphatic hydroxyl groups is 1. The Morgan fingerprint density at radius 2 is 0.578 bits per heavy atom. The third-order valence-electron chi connectivity index (χ3n) is 15.1. The maximum Gasteiger partial charge on any atom is 0.472 e.